The van der Waals surface area contributed by atoms with E-state index in [-0.39, 0.29) is 17.7 Å². The SMILES string of the molecule is O=C(NCCCC(=O)N1CCOc2ccccc21)C1[C@H]2CCC[C@@H]12. The molecule has 3 atom stereocenters. The van der Waals surface area contributed by atoms with Gasteiger partial charge in [0.1, 0.15) is 12.4 Å². The Hall–Kier alpha value is -2.04. The molecule has 2 fully saturated rings. The zero-order chi connectivity index (χ0) is 16.5. The minimum Gasteiger partial charge on any atom is -0.490 e. The highest BCUT2D eigenvalue weighted by atomic mass is 16.5. The first-order valence-corrected chi connectivity index (χ1v) is 9.05. The lowest BCUT2D eigenvalue weighted by Crippen LogP contribution is -2.38. The molecule has 0 radical (unpaired) electrons. The van der Waals surface area contributed by atoms with Crippen molar-refractivity contribution in [2.45, 2.75) is 32.1 Å². The van der Waals surface area contributed by atoms with Gasteiger partial charge in [0.25, 0.3) is 0 Å². The van der Waals surface area contributed by atoms with E-state index in [9.17, 15) is 9.59 Å². The van der Waals surface area contributed by atoms with Gasteiger partial charge >= 0.3 is 0 Å². The van der Waals surface area contributed by atoms with Crippen molar-refractivity contribution >= 4 is 17.5 Å². The van der Waals surface area contributed by atoms with E-state index < -0.39 is 0 Å². The maximum Gasteiger partial charge on any atom is 0.227 e. The minimum atomic E-state index is 0.100. The normalized spacial score (nSPS) is 27.0. The molecule has 2 amide bonds. The second-order valence-corrected chi connectivity index (χ2v) is 7.04. The third kappa shape index (κ3) is 2.87. The van der Waals surface area contributed by atoms with Crippen LogP contribution in [-0.2, 0) is 9.59 Å². The third-order valence-electron chi connectivity index (χ3n) is 5.61. The van der Waals surface area contributed by atoms with Crippen molar-refractivity contribution in [3.05, 3.63) is 24.3 Å². The van der Waals surface area contributed by atoms with E-state index in [4.69, 9.17) is 4.74 Å². The second kappa shape index (κ2) is 6.46. The summed E-state index contributed by atoms with van der Waals surface area (Å²) in [6.45, 7) is 1.71. The molecule has 1 aliphatic heterocycles. The number of hydrogen-bond acceptors (Lipinski definition) is 3. The molecular formula is C19H24N2O3. The predicted octanol–water partition coefficient (Wildman–Crippen LogP) is 2.35. The molecular weight excluding hydrogens is 304 g/mol. The van der Waals surface area contributed by atoms with Crippen LogP contribution < -0.4 is 15.0 Å². The molecule has 1 unspecified atom stereocenters. The zero-order valence-corrected chi connectivity index (χ0v) is 13.9. The van der Waals surface area contributed by atoms with E-state index in [1.165, 1.54) is 19.3 Å². The van der Waals surface area contributed by atoms with Gasteiger partial charge in [0.15, 0.2) is 0 Å². The van der Waals surface area contributed by atoms with E-state index in [1.54, 1.807) is 4.90 Å². The highest BCUT2D eigenvalue weighted by Crippen LogP contribution is 2.57. The number of carbonyl (C=O) groups is 2. The van der Waals surface area contributed by atoms with Gasteiger partial charge in [-0.2, -0.15) is 0 Å². The highest BCUT2D eigenvalue weighted by molar-refractivity contribution is 5.95. The molecule has 4 rings (SSSR count). The average molecular weight is 328 g/mol. The van der Waals surface area contributed by atoms with Crippen LogP contribution in [0, 0.1) is 17.8 Å². The van der Waals surface area contributed by atoms with Gasteiger partial charge in [0.05, 0.1) is 12.2 Å². The van der Waals surface area contributed by atoms with Crippen LogP contribution in [0.1, 0.15) is 32.1 Å². The van der Waals surface area contributed by atoms with Gasteiger partial charge in [-0.15, -0.1) is 0 Å². The summed E-state index contributed by atoms with van der Waals surface area (Å²) in [4.78, 5) is 26.4. The Balaban J connectivity index is 1.22. The van der Waals surface area contributed by atoms with Crippen molar-refractivity contribution in [3.8, 4) is 5.75 Å². The Morgan fingerprint density at radius 2 is 2.00 bits per heavy atom. The summed E-state index contributed by atoms with van der Waals surface area (Å²) in [5, 5.41) is 3.02. The molecule has 5 nitrogen and oxygen atoms in total. The fraction of sp³-hybridized carbons (Fsp3) is 0.579. The second-order valence-electron chi connectivity index (χ2n) is 7.04. The molecule has 1 N–H and O–H groups in total. The zero-order valence-electron chi connectivity index (χ0n) is 13.9. The van der Waals surface area contributed by atoms with Gasteiger partial charge in [-0.1, -0.05) is 18.6 Å². The molecule has 0 bridgehead atoms. The van der Waals surface area contributed by atoms with Crippen molar-refractivity contribution in [2.75, 3.05) is 24.6 Å². The first-order valence-electron chi connectivity index (χ1n) is 9.05. The van der Waals surface area contributed by atoms with Crippen LogP contribution in [0.15, 0.2) is 24.3 Å². The Morgan fingerprint density at radius 3 is 2.83 bits per heavy atom. The van der Waals surface area contributed by atoms with Crippen LogP contribution in [0.4, 0.5) is 5.69 Å². The molecule has 2 aliphatic carbocycles. The minimum absolute atomic E-state index is 0.100. The molecule has 1 heterocycles. The maximum absolute atomic E-state index is 12.5. The third-order valence-corrected chi connectivity index (χ3v) is 5.61. The molecule has 1 aromatic rings. The molecule has 5 heteroatoms. The molecule has 128 valence electrons. The van der Waals surface area contributed by atoms with Crippen molar-refractivity contribution in [1.29, 1.82) is 0 Å². The van der Waals surface area contributed by atoms with Crippen LogP contribution >= 0.6 is 0 Å². The highest BCUT2D eigenvalue weighted by Gasteiger charge is 2.56. The van der Waals surface area contributed by atoms with Crippen LogP contribution in [0.2, 0.25) is 0 Å². The summed E-state index contributed by atoms with van der Waals surface area (Å²) < 4.78 is 5.58. The van der Waals surface area contributed by atoms with Crippen molar-refractivity contribution in [3.63, 3.8) is 0 Å². The van der Waals surface area contributed by atoms with Crippen LogP contribution in [0.5, 0.6) is 5.75 Å². The molecule has 3 aliphatic rings. The van der Waals surface area contributed by atoms with Crippen LogP contribution in [0.25, 0.3) is 0 Å². The number of nitrogens with zero attached hydrogens (tertiary/aromatic N) is 1. The van der Waals surface area contributed by atoms with Crippen molar-refractivity contribution < 1.29 is 14.3 Å². The van der Waals surface area contributed by atoms with Crippen LogP contribution in [0.3, 0.4) is 0 Å². The smallest absolute Gasteiger partial charge is 0.227 e. The number of anilines is 1. The molecule has 0 spiro atoms. The van der Waals surface area contributed by atoms with Crippen molar-refractivity contribution in [1.82, 2.24) is 5.32 Å². The summed E-state index contributed by atoms with van der Waals surface area (Å²) in [7, 11) is 0. The Morgan fingerprint density at radius 1 is 1.21 bits per heavy atom. The van der Waals surface area contributed by atoms with Gasteiger partial charge in [-0.05, 0) is 43.2 Å². The number of carbonyl (C=O) groups excluding carboxylic acids is 2. The number of amides is 2. The number of fused-ring (bicyclic) bond motifs is 2. The average Bonchev–Trinajstić information content (AvgIpc) is 3.10. The summed E-state index contributed by atoms with van der Waals surface area (Å²) in [5.41, 5.74) is 0.851. The number of benzene rings is 1. The van der Waals surface area contributed by atoms with Gasteiger partial charge in [0, 0.05) is 18.9 Å². The molecule has 1 aromatic carbocycles. The summed E-state index contributed by atoms with van der Waals surface area (Å²) in [6.07, 6.45) is 4.86. The summed E-state index contributed by atoms with van der Waals surface area (Å²) in [6, 6.07) is 7.64. The predicted molar refractivity (Wildman–Crippen MR) is 90.9 cm³/mol. The number of para-hydroxylation sites is 2. The number of hydrogen-bond donors (Lipinski definition) is 1. The molecule has 2 saturated carbocycles. The standard InChI is InChI=1S/C19H24N2O3/c22-17(21-11-12-24-16-8-2-1-7-15(16)21)9-4-10-20-19(23)18-13-5-3-6-14(13)18/h1-2,7-8,13-14,18H,3-6,9-12H2,(H,20,23)/t13-,14+,18?. The topological polar surface area (TPSA) is 58.6 Å². The quantitative estimate of drug-likeness (QED) is 0.844. The maximum atomic E-state index is 12.5. The van der Waals surface area contributed by atoms with Crippen LogP contribution in [-0.4, -0.2) is 31.5 Å². The lowest BCUT2D eigenvalue weighted by atomic mass is 10.1. The Bertz CT molecular complexity index is 635. The summed E-state index contributed by atoms with van der Waals surface area (Å²) in [5.74, 6) is 2.64. The monoisotopic (exact) mass is 328 g/mol. The lowest BCUT2D eigenvalue weighted by Gasteiger charge is -2.29. The van der Waals surface area contributed by atoms with Gasteiger partial charge in [-0.3, -0.25) is 9.59 Å². The van der Waals surface area contributed by atoms with E-state index in [0.29, 0.717) is 44.4 Å². The first kappa shape index (κ1) is 15.5. The van der Waals surface area contributed by atoms with Gasteiger partial charge < -0.3 is 15.0 Å². The van der Waals surface area contributed by atoms with E-state index in [1.807, 2.05) is 24.3 Å². The summed E-state index contributed by atoms with van der Waals surface area (Å²) >= 11 is 0. The fourth-order valence-corrected chi connectivity index (χ4v) is 4.34. The van der Waals surface area contributed by atoms with E-state index in [0.717, 1.165) is 11.4 Å². The number of ether oxygens (including phenoxy) is 1. The largest absolute Gasteiger partial charge is 0.490 e. The van der Waals surface area contributed by atoms with Crippen molar-refractivity contribution in [2.24, 2.45) is 17.8 Å². The molecule has 0 saturated heterocycles. The van der Waals surface area contributed by atoms with E-state index in [2.05, 4.69) is 5.32 Å². The number of nitrogens with one attached hydrogen (secondary N) is 1. The van der Waals surface area contributed by atoms with Gasteiger partial charge in [0.2, 0.25) is 11.8 Å². The first-order chi connectivity index (χ1) is 11.8. The Kier molecular flexibility index (Phi) is 4.17. The molecule has 24 heavy (non-hydrogen) atoms. The fourth-order valence-electron chi connectivity index (χ4n) is 4.34. The number of rotatable bonds is 5. The Labute approximate surface area is 142 Å². The lowest BCUT2D eigenvalue weighted by molar-refractivity contribution is -0.123. The van der Waals surface area contributed by atoms with E-state index >= 15 is 0 Å². The van der Waals surface area contributed by atoms with Gasteiger partial charge in [-0.25, -0.2) is 0 Å². The molecule has 0 aromatic heterocycles.